The van der Waals surface area contributed by atoms with Crippen LogP contribution in [0.4, 0.5) is 5.69 Å². The van der Waals surface area contributed by atoms with E-state index in [0.717, 1.165) is 6.54 Å². The van der Waals surface area contributed by atoms with Gasteiger partial charge in [0.25, 0.3) is 0 Å². The molecule has 0 spiro atoms. The Balaban J connectivity index is 0. The van der Waals surface area contributed by atoms with Gasteiger partial charge in [0.15, 0.2) is 18.9 Å². The molecule has 1 aromatic rings. The Morgan fingerprint density at radius 1 is 1.50 bits per heavy atom. The second-order valence-electron chi connectivity index (χ2n) is 2.82. The summed E-state index contributed by atoms with van der Waals surface area (Å²) in [5, 5.41) is 3.12. The molecule has 0 aliphatic heterocycles. The maximum absolute atomic E-state index is 5.44. The maximum atomic E-state index is 5.44. The van der Waals surface area contributed by atoms with E-state index in [-0.39, 0.29) is 24.8 Å². The first-order valence-electron chi connectivity index (χ1n) is 4.15. The van der Waals surface area contributed by atoms with Crippen LogP contribution >= 0.6 is 12.4 Å². The second-order valence-corrected chi connectivity index (χ2v) is 2.82. The summed E-state index contributed by atoms with van der Waals surface area (Å²) in [6, 6.07) is 2.06. The first-order valence-corrected chi connectivity index (χ1v) is 4.15. The minimum absolute atomic E-state index is 0. The predicted molar refractivity (Wildman–Crippen MR) is 57.2 cm³/mol. The Bertz CT molecular complexity index is 266. The van der Waals surface area contributed by atoms with Crippen molar-refractivity contribution in [3.05, 3.63) is 24.0 Å². The molecule has 0 amide bonds. The monoisotopic (exact) mass is 237 g/mol. The van der Waals surface area contributed by atoms with Crippen LogP contribution < -0.4 is 28.0 Å². The zero-order valence-electron chi connectivity index (χ0n) is 8.46. The van der Waals surface area contributed by atoms with Crippen molar-refractivity contribution in [1.29, 1.82) is 0 Å². The molecule has 3 nitrogen and oxygen atoms in total. The number of anilines is 1. The summed E-state index contributed by atoms with van der Waals surface area (Å²) in [5.41, 5.74) is 7.86. The minimum Gasteiger partial charge on any atom is -1.00 e. The van der Waals surface area contributed by atoms with Gasteiger partial charge in [0.05, 0.1) is 6.54 Å². The van der Waals surface area contributed by atoms with Crippen LogP contribution in [0.3, 0.4) is 0 Å². The Morgan fingerprint density at radius 3 is 2.57 bits per heavy atom. The first-order chi connectivity index (χ1) is 5.77. The molecule has 0 fully saturated rings. The van der Waals surface area contributed by atoms with Gasteiger partial charge in [-0.3, -0.25) is 0 Å². The molecule has 0 aliphatic carbocycles. The zero-order valence-corrected chi connectivity index (χ0v) is 10.0. The van der Waals surface area contributed by atoms with Gasteiger partial charge in [-0.15, -0.1) is 12.4 Å². The Labute approximate surface area is 97.5 Å². The van der Waals surface area contributed by atoms with Gasteiger partial charge in [-0.2, -0.15) is 0 Å². The van der Waals surface area contributed by atoms with E-state index in [4.69, 9.17) is 5.73 Å². The molecular formula is C9H17Cl2N3. The largest absolute Gasteiger partial charge is 1.00 e. The summed E-state index contributed by atoms with van der Waals surface area (Å²) in [6.07, 6.45) is 4.13. The molecular weight excluding hydrogens is 221 g/mol. The third kappa shape index (κ3) is 4.13. The van der Waals surface area contributed by atoms with Crippen molar-refractivity contribution >= 4 is 18.1 Å². The smallest absolute Gasteiger partial charge is 0.173 e. The molecule has 0 saturated carbocycles. The molecule has 82 valence electrons. The topological polar surface area (TPSA) is 41.9 Å². The highest BCUT2D eigenvalue weighted by molar-refractivity contribution is 5.85. The summed E-state index contributed by atoms with van der Waals surface area (Å²) in [6.45, 7) is 3.65. The standard InChI is InChI=1S/C9H15N3.2ClH/c1-8-7-12(6-4-10)5-3-9(8)11-2;;/h3,5,7H,4,6,10H2,1-2H3;2*1H. The molecule has 0 bridgehead atoms. The van der Waals surface area contributed by atoms with Crippen LogP contribution in [0.15, 0.2) is 18.5 Å². The van der Waals surface area contributed by atoms with Crippen LogP contribution in [0.25, 0.3) is 0 Å². The first kappa shape index (κ1) is 15.9. The van der Waals surface area contributed by atoms with Crippen molar-refractivity contribution in [3.8, 4) is 0 Å². The van der Waals surface area contributed by atoms with Crippen molar-refractivity contribution < 1.29 is 17.0 Å². The number of nitrogens with one attached hydrogen (secondary N) is 1. The van der Waals surface area contributed by atoms with Crippen LogP contribution in [0.1, 0.15) is 5.56 Å². The van der Waals surface area contributed by atoms with Gasteiger partial charge in [0.2, 0.25) is 0 Å². The fourth-order valence-electron chi connectivity index (χ4n) is 1.23. The van der Waals surface area contributed by atoms with E-state index in [2.05, 4.69) is 29.1 Å². The summed E-state index contributed by atoms with van der Waals surface area (Å²) >= 11 is 0. The van der Waals surface area contributed by atoms with E-state index < -0.39 is 0 Å². The highest BCUT2D eigenvalue weighted by Crippen LogP contribution is 2.08. The number of hydrogen-bond donors (Lipinski definition) is 2. The lowest BCUT2D eigenvalue weighted by Crippen LogP contribution is -3.00. The van der Waals surface area contributed by atoms with Gasteiger partial charge in [-0.05, 0) is 6.92 Å². The fraction of sp³-hybridized carbons (Fsp3) is 0.444. The molecule has 0 saturated heterocycles. The number of halogens is 2. The molecule has 1 aromatic heterocycles. The Morgan fingerprint density at radius 2 is 2.14 bits per heavy atom. The fourth-order valence-corrected chi connectivity index (χ4v) is 1.23. The summed E-state index contributed by atoms with van der Waals surface area (Å²) in [7, 11) is 1.93. The van der Waals surface area contributed by atoms with Gasteiger partial charge in [0.1, 0.15) is 0 Å². The normalized spacial score (nSPS) is 8.50. The SMILES string of the molecule is CNc1cc[n+](CCN)cc1C.Cl.[Cl-]. The van der Waals surface area contributed by atoms with E-state index in [1.807, 2.05) is 13.2 Å². The highest BCUT2D eigenvalue weighted by atomic mass is 35.5. The Kier molecular flexibility index (Phi) is 8.94. The van der Waals surface area contributed by atoms with Crippen molar-refractivity contribution in [2.45, 2.75) is 13.5 Å². The average Bonchev–Trinajstić information content (AvgIpc) is 2.05. The van der Waals surface area contributed by atoms with E-state index in [1.165, 1.54) is 11.3 Å². The van der Waals surface area contributed by atoms with E-state index in [9.17, 15) is 0 Å². The predicted octanol–water partition coefficient (Wildman–Crippen LogP) is -2.29. The van der Waals surface area contributed by atoms with Gasteiger partial charge in [-0.1, -0.05) is 0 Å². The van der Waals surface area contributed by atoms with Gasteiger partial charge in [-0.25, -0.2) is 4.57 Å². The van der Waals surface area contributed by atoms with Crippen molar-refractivity contribution in [1.82, 2.24) is 0 Å². The number of rotatable bonds is 3. The molecule has 0 aromatic carbocycles. The van der Waals surface area contributed by atoms with Gasteiger partial charge < -0.3 is 23.5 Å². The van der Waals surface area contributed by atoms with Crippen molar-refractivity contribution in [2.24, 2.45) is 5.73 Å². The minimum atomic E-state index is 0. The molecule has 0 atom stereocenters. The molecule has 0 radical (unpaired) electrons. The highest BCUT2D eigenvalue weighted by Gasteiger charge is 2.02. The number of hydrogen-bond acceptors (Lipinski definition) is 2. The number of nitrogens with zero attached hydrogens (tertiary/aromatic N) is 1. The molecule has 1 heterocycles. The van der Waals surface area contributed by atoms with Crippen molar-refractivity contribution in [3.63, 3.8) is 0 Å². The van der Waals surface area contributed by atoms with Crippen molar-refractivity contribution in [2.75, 3.05) is 18.9 Å². The molecule has 0 aliphatic rings. The summed E-state index contributed by atoms with van der Waals surface area (Å²) < 4.78 is 2.09. The quantitative estimate of drug-likeness (QED) is 0.582. The van der Waals surface area contributed by atoms with Gasteiger partial charge in [0, 0.05) is 24.4 Å². The maximum Gasteiger partial charge on any atom is 0.173 e. The third-order valence-corrected chi connectivity index (χ3v) is 1.87. The lowest BCUT2D eigenvalue weighted by molar-refractivity contribution is -0.694. The summed E-state index contributed by atoms with van der Waals surface area (Å²) in [4.78, 5) is 0. The number of nitrogens with two attached hydrogens (primary N) is 1. The van der Waals surface area contributed by atoms with Crippen LogP contribution in [0, 0.1) is 6.92 Å². The van der Waals surface area contributed by atoms with E-state index in [0.29, 0.717) is 6.54 Å². The Hall–Kier alpha value is -0.510. The number of aryl methyl sites for hydroxylation is 1. The van der Waals surface area contributed by atoms with E-state index in [1.54, 1.807) is 0 Å². The van der Waals surface area contributed by atoms with Crippen LogP contribution in [0.5, 0.6) is 0 Å². The number of aromatic nitrogens is 1. The van der Waals surface area contributed by atoms with Crippen LogP contribution in [-0.2, 0) is 6.54 Å². The average molecular weight is 238 g/mol. The van der Waals surface area contributed by atoms with Gasteiger partial charge >= 0.3 is 0 Å². The van der Waals surface area contributed by atoms with Crippen LogP contribution in [-0.4, -0.2) is 13.6 Å². The zero-order chi connectivity index (χ0) is 8.97. The number of pyridine rings is 1. The molecule has 1 rings (SSSR count). The van der Waals surface area contributed by atoms with E-state index >= 15 is 0 Å². The molecule has 0 unspecified atom stereocenters. The molecule has 3 N–H and O–H groups in total. The summed E-state index contributed by atoms with van der Waals surface area (Å²) in [5.74, 6) is 0. The lowest BCUT2D eigenvalue weighted by atomic mass is 10.2. The molecule has 5 heteroatoms. The second kappa shape index (κ2) is 7.85. The third-order valence-electron chi connectivity index (χ3n) is 1.87. The van der Waals surface area contributed by atoms with Crippen LogP contribution in [0.2, 0.25) is 0 Å². The molecule has 14 heavy (non-hydrogen) atoms. The lowest BCUT2D eigenvalue weighted by Gasteiger charge is -2.02.